The number of hydrogen-bond donors (Lipinski definition) is 1. The smallest absolute Gasteiger partial charge is 0.0595 e. The van der Waals surface area contributed by atoms with Gasteiger partial charge in [0, 0.05) is 0 Å². The minimum absolute atomic E-state index is 0.650. The summed E-state index contributed by atoms with van der Waals surface area (Å²) in [5.41, 5.74) is 6.92. The lowest BCUT2D eigenvalue weighted by molar-refractivity contribution is 0.306. The van der Waals surface area contributed by atoms with Crippen LogP contribution in [0.2, 0.25) is 10.0 Å². The quantitative estimate of drug-likeness (QED) is 0.827. The number of nitrogens with two attached hydrogens (primary N) is 1. The molecule has 18 heavy (non-hydrogen) atoms. The van der Waals surface area contributed by atoms with Gasteiger partial charge in [-0.05, 0) is 74.6 Å². The molecule has 0 bridgehead atoms. The lowest BCUT2D eigenvalue weighted by Crippen LogP contribution is -2.14. The van der Waals surface area contributed by atoms with E-state index < -0.39 is 0 Å². The summed E-state index contributed by atoms with van der Waals surface area (Å²) in [6, 6.07) is 6.08. The molecular weight excluding hydrogens is 265 g/mol. The van der Waals surface area contributed by atoms with Crippen LogP contribution in [0.15, 0.2) is 18.2 Å². The van der Waals surface area contributed by atoms with Crippen molar-refractivity contribution in [2.75, 3.05) is 6.54 Å². The first-order valence-corrected chi connectivity index (χ1v) is 7.61. The van der Waals surface area contributed by atoms with E-state index in [1.54, 1.807) is 0 Å². The Kier molecular flexibility index (Phi) is 5.35. The average Bonchev–Trinajstić information content (AvgIpc) is 2.40. The number of halogens is 2. The van der Waals surface area contributed by atoms with Crippen molar-refractivity contribution in [2.45, 2.75) is 44.4 Å². The average molecular weight is 286 g/mol. The lowest BCUT2D eigenvalue weighted by atomic mass is 9.77. The third kappa shape index (κ3) is 3.63. The predicted molar refractivity (Wildman–Crippen MR) is 79.4 cm³/mol. The molecule has 0 atom stereocenters. The summed E-state index contributed by atoms with van der Waals surface area (Å²) < 4.78 is 0. The molecule has 1 saturated carbocycles. The van der Waals surface area contributed by atoms with E-state index in [9.17, 15) is 0 Å². The molecule has 3 heteroatoms. The topological polar surface area (TPSA) is 26.0 Å². The van der Waals surface area contributed by atoms with Crippen LogP contribution in [0.4, 0.5) is 0 Å². The van der Waals surface area contributed by atoms with E-state index >= 15 is 0 Å². The van der Waals surface area contributed by atoms with Crippen LogP contribution in [-0.4, -0.2) is 6.54 Å². The molecule has 0 radical (unpaired) electrons. The molecule has 0 saturated heterocycles. The molecule has 1 aromatic carbocycles. The van der Waals surface area contributed by atoms with Gasteiger partial charge in [0.25, 0.3) is 0 Å². The standard InChI is InChI=1S/C15H21Cl2N/c16-14-8-7-13(10-15(14)17)12-5-3-11(4-6-12)2-1-9-18/h7-8,10-12H,1-6,9,18H2. The Bertz CT molecular complexity index is 384. The minimum atomic E-state index is 0.650. The van der Waals surface area contributed by atoms with Crippen LogP contribution in [0.3, 0.4) is 0 Å². The van der Waals surface area contributed by atoms with Gasteiger partial charge in [-0.25, -0.2) is 0 Å². The molecule has 0 spiro atoms. The van der Waals surface area contributed by atoms with Gasteiger partial charge in [-0.3, -0.25) is 0 Å². The van der Waals surface area contributed by atoms with Crippen LogP contribution in [0.25, 0.3) is 0 Å². The molecule has 1 aromatic rings. The fourth-order valence-corrected chi connectivity index (χ4v) is 3.26. The van der Waals surface area contributed by atoms with E-state index in [2.05, 4.69) is 6.07 Å². The third-order valence-electron chi connectivity index (χ3n) is 4.08. The molecular formula is C15H21Cl2N. The van der Waals surface area contributed by atoms with Crippen molar-refractivity contribution in [1.29, 1.82) is 0 Å². The normalized spacial score (nSPS) is 24.2. The highest BCUT2D eigenvalue weighted by Crippen LogP contribution is 2.38. The van der Waals surface area contributed by atoms with Crippen LogP contribution < -0.4 is 5.73 Å². The SMILES string of the molecule is NCCCC1CCC(c2ccc(Cl)c(Cl)c2)CC1. The maximum absolute atomic E-state index is 6.08. The zero-order valence-corrected chi connectivity index (χ0v) is 12.2. The van der Waals surface area contributed by atoms with E-state index in [1.807, 2.05) is 12.1 Å². The molecule has 2 rings (SSSR count). The summed E-state index contributed by atoms with van der Waals surface area (Å²) in [6.07, 6.45) is 7.66. The second kappa shape index (κ2) is 6.79. The first-order valence-electron chi connectivity index (χ1n) is 6.85. The van der Waals surface area contributed by atoms with Gasteiger partial charge in [0.2, 0.25) is 0 Å². The second-order valence-corrected chi connectivity index (χ2v) is 6.14. The Morgan fingerprint density at radius 3 is 2.39 bits per heavy atom. The van der Waals surface area contributed by atoms with Gasteiger partial charge in [-0.1, -0.05) is 29.3 Å². The first kappa shape index (κ1) is 14.2. The fourth-order valence-electron chi connectivity index (χ4n) is 2.96. The molecule has 1 nitrogen and oxygen atoms in total. The number of hydrogen-bond acceptors (Lipinski definition) is 1. The van der Waals surface area contributed by atoms with Crippen molar-refractivity contribution >= 4 is 23.2 Å². The zero-order valence-electron chi connectivity index (χ0n) is 10.7. The van der Waals surface area contributed by atoms with Crippen molar-refractivity contribution < 1.29 is 0 Å². The Labute approximate surface area is 120 Å². The molecule has 1 fully saturated rings. The first-order chi connectivity index (χ1) is 8.70. The zero-order chi connectivity index (χ0) is 13.0. The van der Waals surface area contributed by atoms with Gasteiger partial charge in [0.15, 0.2) is 0 Å². The van der Waals surface area contributed by atoms with Crippen LogP contribution in [0.1, 0.15) is 50.0 Å². The van der Waals surface area contributed by atoms with Gasteiger partial charge in [0.05, 0.1) is 10.0 Å². The maximum atomic E-state index is 6.08. The largest absolute Gasteiger partial charge is 0.330 e. The summed E-state index contributed by atoms with van der Waals surface area (Å²) in [4.78, 5) is 0. The Morgan fingerprint density at radius 2 is 1.78 bits per heavy atom. The van der Waals surface area contributed by atoms with Crippen LogP contribution in [0.5, 0.6) is 0 Å². The molecule has 1 aliphatic carbocycles. The van der Waals surface area contributed by atoms with Crippen LogP contribution in [-0.2, 0) is 0 Å². The van der Waals surface area contributed by atoms with E-state index in [0.29, 0.717) is 16.0 Å². The predicted octanol–water partition coefficient (Wildman–Crippen LogP) is 5.01. The Morgan fingerprint density at radius 1 is 1.06 bits per heavy atom. The summed E-state index contributed by atoms with van der Waals surface area (Å²) in [6.45, 7) is 0.826. The van der Waals surface area contributed by atoms with Gasteiger partial charge >= 0.3 is 0 Å². The van der Waals surface area contributed by atoms with Gasteiger partial charge in [-0.15, -0.1) is 0 Å². The summed E-state index contributed by atoms with van der Waals surface area (Å²) >= 11 is 12.0. The van der Waals surface area contributed by atoms with Crippen LogP contribution in [0, 0.1) is 5.92 Å². The van der Waals surface area contributed by atoms with Gasteiger partial charge in [-0.2, -0.15) is 0 Å². The fraction of sp³-hybridized carbons (Fsp3) is 0.600. The van der Waals surface area contributed by atoms with Crippen LogP contribution >= 0.6 is 23.2 Å². The van der Waals surface area contributed by atoms with Crippen molar-refractivity contribution in [1.82, 2.24) is 0 Å². The highest BCUT2D eigenvalue weighted by molar-refractivity contribution is 6.42. The molecule has 0 amide bonds. The maximum Gasteiger partial charge on any atom is 0.0595 e. The summed E-state index contributed by atoms with van der Waals surface area (Å²) in [7, 11) is 0. The van der Waals surface area contributed by atoms with Gasteiger partial charge in [0.1, 0.15) is 0 Å². The van der Waals surface area contributed by atoms with E-state index in [4.69, 9.17) is 28.9 Å². The minimum Gasteiger partial charge on any atom is -0.330 e. The van der Waals surface area contributed by atoms with E-state index in [1.165, 1.54) is 44.1 Å². The molecule has 0 aromatic heterocycles. The second-order valence-electron chi connectivity index (χ2n) is 5.32. The monoisotopic (exact) mass is 285 g/mol. The molecule has 100 valence electrons. The van der Waals surface area contributed by atoms with E-state index in [-0.39, 0.29) is 0 Å². The third-order valence-corrected chi connectivity index (χ3v) is 4.82. The summed E-state index contributed by atoms with van der Waals surface area (Å²) in [5.74, 6) is 1.54. The highest BCUT2D eigenvalue weighted by Gasteiger charge is 2.22. The molecule has 0 unspecified atom stereocenters. The molecule has 1 aliphatic rings. The van der Waals surface area contributed by atoms with Crippen molar-refractivity contribution in [3.63, 3.8) is 0 Å². The van der Waals surface area contributed by atoms with Crippen molar-refractivity contribution in [2.24, 2.45) is 11.7 Å². The molecule has 0 heterocycles. The lowest BCUT2D eigenvalue weighted by Gasteiger charge is -2.29. The number of rotatable bonds is 4. The highest BCUT2D eigenvalue weighted by atomic mass is 35.5. The van der Waals surface area contributed by atoms with E-state index in [0.717, 1.165) is 12.5 Å². The van der Waals surface area contributed by atoms with Crippen molar-refractivity contribution in [3.05, 3.63) is 33.8 Å². The molecule has 0 aliphatic heterocycles. The Hall–Kier alpha value is -0.240. The van der Waals surface area contributed by atoms with Gasteiger partial charge < -0.3 is 5.73 Å². The summed E-state index contributed by atoms with van der Waals surface area (Å²) in [5, 5.41) is 1.33. The molecule has 2 N–H and O–H groups in total. The number of benzene rings is 1. The van der Waals surface area contributed by atoms with Crippen molar-refractivity contribution in [3.8, 4) is 0 Å². The Balaban J connectivity index is 1.90.